The molecular formula is C22H29N7O6S. The predicted octanol–water partition coefficient (Wildman–Crippen LogP) is -2.13. The van der Waals surface area contributed by atoms with Crippen molar-refractivity contribution < 1.29 is 29.1 Å². The third kappa shape index (κ3) is 9.03. The van der Waals surface area contributed by atoms with Crippen LogP contribution in [0.15, 0.2) is 42.9 Å². The highest BCUT2D eigenvalue weighted by Crippen LogP contribution is 2.06. The number of rotatable bonds is 14. The van der Waals surface area contributed by atoms with Gasteiger partial charge in [-0.3, -0.25) is 19.2 Å². The Morgan fingerprint density at radius 1 is 0.944 bits per heavy atom. The van der Waals surface area contributed by atoms with E-state index in [0.717, 1.165) is 0 Å². The minimum Gasteiger partial charge on any atom is -0.480 e. The number of carboxylic acid groups (broad SMARTS) is 1. The van der Waals surface area contributed by atoms with Gasteiger partial charge in [-0.1, -0.05) is 30.3 Å². The van der Waals surface area contributed by atoms with Crippen LogP contribution in [-0.2, 0) is 36.8 Å². The number of aromatic nitrogens is 2. The molecule has 0 fully saturated rings. The molecule has 0 bridgehead atoms. The second-order valence-electron chi connectivity index (χ2n) is 7.94. The van der Waals surface area contributed by atoms with Crippen LogP contribution >= 0.6 is 12.6 Å². The zero-order valence-corrected chi connectivity index (χ0v) is 20.1. The second-order valence-corrected chi connectivity index (χ2v) is 8.30. The molecule has 2 rings (SSSR count). The number of amides is 4. The molecule has 0 aliphatic rings. The first-order chi connectivity index (χ1) is 17.1. The fraction of sp³-hybridized carbons (Fsp3) is 0.364. The van der Waals surface area contributed by atoms with Crippen LogP contribution in [0.5, 0.6) is 0 Å². The molecule has 194 valence electrons. The molecule has 0 radical (unpaired) electrons. The largest absolute Gasteiger partial charge is 0.480 e. The Morgan fingerprint density at radius 3 is 2.11 bits per heavy atom. The summed E-state index contributed by atoms with van der Waals surface area (Å²) < 4.78 is 0. The Balaban J connectivity index is 2.19. The van der Waals surface area contributed by atoms with Crippen molar-refractivity contribution in [3.05, 3.63) is 54.1 Å². The number of nitrogens with zero attached hydrogens (tertiary/aromatic N) is 1. The summed E-state index contributed by atoms with van der Waals surface area (Å²) in [5, 5.41) is 16.3. The molecule has 36 heavy (non-hydrogen) atoms. The van der Waals surface area contributed by atoms with E-state index in [-0.39, 0.29) is 18.6 Å². The quantitative estimate of drug-likeness (QED) is 0.128. The number of carboxylic acids is 1. The van der Waals surface area contributed by atoms with Gasteiger partial charge in [-0.25, -0.2) is 9.78 Å². The number of benzene rings is 1. The molecule has 0 saturated carbocycles. The highest BCUT2D eigenvalue weighted by molar-refractivity contribution is 7.80. The predicted molar refractivity (Wildman–Crippen MR) is 132 cm³/mol. The summed E-state index contributed by atoms with van der Waals surface area (Å²) in [4.78, 5) is 68.1. The minimum absolute atomic E-state index is 0.0485. The van der Waals surface area contributed by atoms with Gasteiger partial charge in [0, 0.05) is 24.8 Å². The highest BCUT2D eigenvalue weighted by Gasteiger charge is 2.31. The van der Waals surface area contributed by atoms with Gasteiger partial charge in [-0.05, 0) is 5.56 Å². The summed E-state index contributed by atoms with van der Waals surface area (Å²) in [6.07, 6.45) is 2.59. The maximum atomic E-state index is 13.2. The molecule has 2 aromatic rings. The molecule has 0 aliphatic carbocycles. The molecule has 1 aromatic carbocycles. The summed E-state index contributed by atoms with van der Waals surface area (Å²) in [6.45, 7) is 0. The summed E-state index contributed by atoms with van der Waals surface area (Å²) in [5.41, 5.74) is 12.5. The number of carbonyl (C=O) groups is 5. The van der Waals surface area contributed by atoms with Gasteiger partial charge < -0.3 is 37.5 Å². The van der Waals surface area contributed by atoms with E-state index in [0.29, 0.717) is 11.3 Å². The van der Waals surface area contributed by atoms with Crippen molar-refractivity contribution in [3.8, 4) is 0 Å². The Bertz CT molecular complexity index is 1050. The average Bonchev–Trinajstić information content (AvgIpc) is 3.34. The number of hydrogen-bond donors (Lipinski definition) is 8. The third-order valence-electron chi connectivity index (χ3n) is 5.07. The number of imidazole rings is 1. The normalized spacial score (nSPS) is 14.1. The van der Waals surface area contributed by atoms with Crippen LogP contribution in [-0.4, -0.2) is 74.6 Å². The molecule has 4 atom stereocenters. The fourth-order valence-electron chi connectivity index (χ4n) is 3.20. The molecule has 0 aliphatic heterocycles. The van der Waals surface area contributed by atoms with E-state index in [4.69, 9.17) is 16.6 Å². The van der Waals surface area contributed by atoms with Crippen molar-refractivity contribution in [1.29, 1.82) is 0 Å². The van der Waals surface area contributed by atoms with Gasteiger partial charge in [0.15, 0.2) is 0 Å². The monoisotopic (exact) mass is 519 g/mol. The molecule has 0 unspecified atom stereocenters. The lowest BCUT2D eigenvalue weighted by molar-refractivity contribution is -0.141. The number of hydrogen-bond acceptors (Lipinski definition) is 8. The lowest BCUT2D eigenvalue weighted by Crippen LogP contribution is -2.58. The van der Waals surface area contributed by atoms with E-state index in [1.165, 1.54) is 6.33 Å². The Kier molecular flexibility index (Phi) is 10.9. The summed E-state index contributed by atoms with van der Waals surface area (Å²) >= 11 is 3.87. The molecule has 14 heteroatoms. The zero-order valence-electron chi connectivity index (χ0n) is 19.2. The van der Waals surface area contributed by atoms with Crippen LogP contribution in [0.25, 0.3) is 0 Å². The van der Waals surface area contributed by atoms with Gasteiger partial charge in [0.05, 0.1) is 24.5 Å². The highest BCUT2D eigenvalue weighted by atomic mass is 32.1. The number of nitrogens with one attached hydrogen (secondary N) is 4. The number of thiol groups is 1. The fourth-order valence-corrected chi connectivity index (χ4v) is 3.45. The van der Waals surface area contributed by atoms with E-state index in [9.17, 15) is 24.0 Å². The number of H-pyrrole nitrogens is 1. The van der Waals surface area contributed by atoms with Crippen molar-refractivity contribution in [2.45, 2.75) is 43.4 Å². The third-order valence-corrected chi connectivity index (χ3v) is 5.44. The van der Waals surface area contributed by atoms with Gasteiger partial charge in [-0.2, -0.15) is 12.6 Å². The summed E-state index contributed by atoms with van der Waals surface area (Å²) in [6, 6.07) is 3.75. The summed E-state index contributed by atoms with van der Waals surface area (Å²) in [7, 11) is 0. The van der Waals surface area contributed by atoms with Crippen molar-refractivity contribution in [1.82, 2.24) is 25.9 Å². The molecule has 0 saturated heterocycles. The lowest BCUT2D eigenvalue weighted by atomic mass is 10.0. The number of nitrogens with two attached hydrogens (primary N) is 2. The standard InChI is InChI=1S/C22H29N7O6S/c23-14(7-13-9-25-11-26-13)19(31)27-15(6-12-4-2-1-3-5-12)20(32)28-16(8-18(24)30)21(33)29-17(10-36)22(34)35/h1-5,9,11,14-17,36H,6-8,10,23H2,(H2,24,30)(H,25,26)(H,27,31)(H,28,32)(H,29,33)(H,34,35)/t14-,15-,16-,17-/m0/s1. The smallest absolute Gasteiger partial charge is 0.327 e. The van der Waals surface area contributed by atoms with Crippen molar-refractivity contribution in [3.63, 3.8) is 0 Å². The Labute approximate surface area is 212 Å². The molecule has 0 spiro atoms. The average molecular weight is 520 g/mol. The van der Waals surface area contributed by atoms with Crippen LogP contribution in [0.2, 0.25) is 0 Å². The second kappa shape index (κ2) is 13.8. The number of primary amides is 1. The number of carbonyl (C=O) groups excluding carboxylic acids is 4. The first-order valence-corrected chi connectivity index (χ1v) is 11.5. The lowest BCUT2D eigenvalue weighted by Gasteiger charge is -2.24. The van der Waals surface area contributed by atoms with Gasteiger partial charge in [-0.15, -0.1) is 0 Å². The first kappa shape index (κ1) is 28.3. The van der Waals surface area contributed by atoms with Crippen LogP contribution in [0.3, 0.4) is 0 Å². The van der Waals surface area contributed by atoms with Crippen molar-refractivity contribution >= 4 is 42.2 Å². The molecule has 13 nitrogen and oxygen atoms in total. The Hall–Kier alpha value is -3.91. The first-order valence-electron chi connectivity index (χ1n) is 10.9. The maximum Gasteiger partial charge on any atom is 0.327 e. The zero-order chi connectivity index (χ0) is 26.7. The minimum atomic E-state index is -1.48. The molecule has 4 amide bonds. The molecule has 9 N–H and O–H groups in total. The summed E-state index contributed by atoms with van der Waals surface area (Å²) in [5.74, 6) is -4.84. The van der Waals surface area contributed by atoms with Crippen LogP contribution < -0.4 is 27.4 Å². The SMILES string of the molecule is NC(=O)C[C@H](NC(=O)[C@H](Cc1ccccc1)NC(=O)[C@@H](N)Cc1c[nH]cn1)C(=O)N[C@@H](CS)C(=O)O. The van der Waals surface area contributed by atoms with Crippen molar-refractivity contribution in [2.75, 3.05) is 5.75 Å². The maximum absolute atomic E-state index is 13.2. The number of aliphatic carboxylic acids is 1. The van der Waals surface area contributed by atoms with Crippen molar-refractivity contribution in [2.24, 2.45) is 11.5 Å². The number of aromatic amines is 1. The Morgan fingerprint density at radius 2 is 1.56 bits per heavy atom. The van der Waals surface area contributed by atoms with E-state index >= 15 is 0 Å². The van der Waals surface area contributed by atoms with Crippen LogP contribution in [0.4, 0.5) is 0 Å². The van der Waals surface area contributed by atoms with Crippen LogP contribution in [0.1, 0.15) is 17.7 Å². The topological polar surface area (TPSA) is 222 Å². The molecule has 1 aromatic heterocycles. The van der Waals surface area contributed by atoms with E-state index in [1.807, 2.05) is 0 Å². The molecule has 1 heterocycles. The van der Waals surface area contributed by atoms with Gasteiger partial charge >= 0.3 is 5.97 Å². The van der Waals surface area contributed by atoms with E-state index < -0.39 is 60.2 Å². The molecular weight excluding hydrogens is 490 g/mol. The van der Waals surface area contributed by atoms with Gasteiger partial charge in [0.1, 0.15) is 18.1 Å². The van der Waals surface area contributed by atoms with Gasteiger partial charge in [0.2, 0.25) is 23.6 Å². The van der Waals surface area contributed by atoms with E-state index in [2.05, 4.69) is 38.5 Å². The van der Waals surface area contributed by atoms with E-state index in [1.54, 1.807) is 36.5 Å². The van der Waals surface area contributed by atoms with Gasteiger partial charge in [0.25, 0.3) is 0 Å². The van der Waals surface area contributed by atoms with Crippen LogP contribution in [0, 0.1) is 0 Å².